The van der Waals surface area contributed by atoms with Gasteiger partial charge in [0.25, 0.3) is 5.91 Å². The first-order valence-corrected chi connectivity index (χ1v) is 5.66. The minimum atomic E-state index is -0.469. The molecule has 0 saturated carbocycles. The first kappa shape index (κ1) is 10.8. The Morgan fingerprint density at radius 1 is 1.11 bits per heavy atom. The van der Waals surface area contributed by atoms with Crippen molar-refractivity contribution in [3.05, 3.63) is 59.9 Å². The molecule has 0 bridgehead atoms. The number of halogens is 1. The van der Waals surface area contributed by atoms with Crippen LogP contribution in [0.2, 0.25) is 0 Å². The molecule has 1 heterocycles. The topological polar surface area (TPSA) is 41.1 Å². The minimum Gasteiger partial charge on any atom is -0.370 e. The van der Waals surface area contributed by atoms with E-state index in [2.05, 4.69) is 10.6 Å². The predicted octanol–water partition coefficient (Wildman–Crippen LogP) is 2.93. The van der Waals surface area contributed by atoms with E-state index in [1.54, 1.807) is 6.07 Å². The molecule has 1 amide bonds. The third-order valence-electron chi connectivity index (χ3n) is 2.93. The Hall–Kier alpha value is -2.36. The molecule has 0 fully saturated rings. The van der Waals surface area contributed by atoms with Crippen molar-refractivity contribution in [2.75, 3.05) is 10.6 Å². The highest BCUT2D eigenvalue weighted by molar-refractivity contribution is 6.04. The summed E-state index contributed by atoms with van der Waals surface area (Å²) in [6.45, 7) is 0. The maximum absolute atomic E-state index is 13.1. The van der Waals surface area contributed by atoms with E-state index >= 15 is 0 Å². The molecule has 1 unspecified atom stereocenters. The zero-order valence-corrected chi connectivity index (χ0v) is 9.48. The van der Waals surface area contributed by atoms with Gasteiger partial charge < -0.3 is 10.6 Å². The Morgan fingerprint density at radius 2 is 1.89 bits per heavy atom. The number of hydrogen-bond donors (Lipinski definition) is 2. The quantitative estimate of drug-likeness (QED) is 0.850. The standard InChI is InChI=1S/C14H11FN2O/c15-9-6-7-11-12(8-9)17-14(18)13(11)16-10-4-2-1-3-5-10/h1-8,13,16H,(H,17,18). The largest absolute Gasteiger partial charge is 0.370 e. The monoisotopic (exact) mass is 242 g/mol. The maximum Gasteiger partial charge on any atom is 0.251 e. The molecule has 0 saturated heterocycles. The van der Waals surface area contributed by atoms with Crippen LogP contribution in [0.25, 0.3) is 0 Å². The van der Waals surface area contributed by atoms with Gasteiger partial charge in [0.05, 0.1) is 0 Å². The summed E-state index contributed by atoms with van der Waals surface area (Å²) < 4.78 is 13.1. The zero-order valence-electron chi connectivity index (χ0n) is 9.48. The highest BCUT2D eigenvalue weighted by Crippen LogP contribution is 2.33. The smallest absolute Gasteiger partial charge is 0.251 e. The van der Waals surface area contributed by atoms with E-state index < -0.39 is 6.04 Å². The third-order valence-corrected chi connectivity index (χ3v) is 2.93. The summed E-state index contributed by atoms with van der Waals surface area (Å²) in [6.07, 6.45) is 0. The second-order valence-electron chi connectivity index (χ2n) is 4.16. The minimum absolute atomic E-state index is 0.167. The van der Waals surface area contributed by atoms with Crippen molar-refractivity contribution >= 4 is 17.3 Å². The van der Waals surface area contributed by atoms with E-state index in [0.29, 0.717) is 5.69 Å². The van der Waals surface area contributed by atoms with Crippen LogP contribution >= 0.6 is 0 Å². The highest BCUT2D eigenvalue weighted by atomic mass is 19.1. The van der Waals surface area contributed by atoms with Gasteiger partial charge in [-0.15, -0.1) is 0 Å². The van der Waals surface area contributed by atoms with Gasteiger partial charge in [-0.05, 0) is 24.3 Å². The van der Waals surface area contributed by atoms with Gasteiger partial charge in [-0.25, -0.2) is 4.39 Å². The molecule has 0 aliphatic carbocycles. The lowest BCUT2D eigenvalue weighted by Gasteiger charge is -2.12. The van der Waals surface area contributed by atoms with E-state index in [1.165, 1.54) is 12.1 Å². The van der Waals surface area contributed by atoms with Crippen LogP contribution in [0, 0.1) is 5.82 Å². The van der Waals surface area contributed by atoms with Crippen LogP contribution in [0.4, 0.5) is 15.8 Å². The second-order valence-corrected chi connectivity index (χ2v) is 4.16. The first-order chi connectivity index (χ1) is 8.74. The molecule has 18 heavy (non-hydrogen) atoms. The second kappa shape index (κ2) is 4.14. The van der Waals surface area contributed by atoms with Crippen molar-refractivity contribution in [3.8, 4) is 0 Å². The molecule has 2 aromatic rings. The van der Waals surface area contributed by atoms with E-state index in [9.17, 15) is 9.18 Å². The Bertz CT molecular complexity index is 598. The number of hydrogen-bond acceptors (Lipinski definition) is 2. The lowest BCUT2D eigenvalue weighted by molar-refractivity contribution is -0.116. The molecule has 3 rings (SSSR count). The number of benzene rings is 2. The van der Waals surface area contributed by atoms with Crippen LogP contribution in [0.3, 0.4) is 0 Å². The van der Waals surface area contributed by atoms with Gasteiger partial charge in [0.2, 0.25) is 0 Å². The van der Waals surface area contributed by atoms with Crippen LogP contribution in [-0.2, 0) is 4.79 Å². The summed E-state index contributed by atoms with van der Waals surface area (Å²) >= 11 is 0. The van der Waals surface area contributed by atoms with E-state index in [1.807, 2.05) is 30.3 Å². The van der Waals surface area contributed by atoms with Crippen molar-refractivity contribution in [1.82, 2.24) is 0 Å². The van der Waals surface area contributed by atoms with Gasteiger partial charge in [-0.1, -0.05) is 24.3 Å². The molecule has 3 nitrogen and oxygen atoms in total. The average Bonchev–Trinajstić information content (AvgIpc) is 2.66. The summed E-state index contributed by atoms with van der Waals surface area (Å²) in [4.78, 5) is 11.9. The molecule has 0 radical (unpaired) electrons. The van der Waals surface area contributed by atoms with Gasteiger partial charge in [-0.3, -0.25) is 4.79 Å². The molecule has 2 N–H and O–H groups in total. The fraction of sp³-hybridized carbons (Fsp3) is 0.0714. The van der Waals surface area contributed by atoms with Crippen LogP contribution in [0.1, 0.15) is 11.6 Å². The van der Waals surface area contributed by atoms with Crippen LogP contribution in [0.15, 0.2) is 48.5 Å². The van der Waals surface area contributed by atoms with Crippen LogP contribution in [-0.4, -0.2) is 5.91 Å². The molecule has 2 aromatic carbocycles. The molecule has 1 atom stereocenters. The van der Waals surface area contributed by atoms with Gasteiger partial charge in [-0.2, -0.15) is 0 Å². The highest BCUT2D eigenvalue weighted by Gasteiger charge is 2.30. The summed E-state index contributed by atoms with van der Waals surface area (Å²) in [5.41, 5.74) is 2.16. The van der Waals surface area contributed by atoms with E-state index in [-0.39, 0.29) is 11.7 Å². The number of nitrogens with one attached hydrogen (secondary N) is 2. The van der Waals surface area contributed by atoms with Gasteiger partial charge in [0.1, 0.15) is 11.9 Å². The maximum atomic E-state index is 13.1. The van der Waals surface area contributed by atoms with Crippen molar-refractivity contribution in [2.24, 2.45) is 0 Å². The summed E-state index contributed by atoms with van der Waals surface area (Å²) in [5.74, 6) is -0.520. The number of amides is 1. The van der Waals surface area contributed by atoms with Crippen molar-refractivity contribution < 1.29 is 9.18 Å². The number of anilines is 2. The van der Waals surface area contributed by atoms with E-state index in [0.717, 1.165) is 11.3 Å². The van der Waals surface area contributed by atoms with Gasteiger partial charge in [0, 0.05) is 16.9 Å². The Balaban J connectivity index is 1.93. The third kappa shape index (κ3) is 1.82. The average molecular weight is 242 g/mol. The number of fused-ring (bicyclic) bond motifs is 1. The number of para-hydroxylation sites is 1. The first-order valence-electron chi connectivity index (χ1n) is 5.66. The van der Waals surface area contributed by atoms with Crippen molar-refractivity contribution in [1.29, 1.82) is 0 Å². The number of carbonyl (C=O) groups excluding carboxylic acids is 1. The van der Waals surface area contributed by atoms with Gasteiger partial charge >= 0.3 is 0 Å². The summed E-state index contributed by atoms with van der Waals surface area (Å²) in [6, 6.07) is 13.3. The van der Waals surface area contributed by atoms with Gasteiger partial charge in [0.15, 0.2) is 0 Å². The predicted molar refractivity (Wildman–Crippen MR) is 67.8 cm³/mol. The summed E-state index contributed by atoms with van der Waals surface area (Å²) in [7, 11) is 0. The van der Waals surface area contributed by atoms with Crippen molar-refractivity contribution in [2.45, 2.75) is 6.04 Å². The lowest BCUT2D eigenvalue weighted by atomic mass is 10.1. The SMILES string of the molecule is O=C1Nc2cc(F)ccc2C1Nc1ccccc1. The molecule has 0 spiro atoms. The molecule has 0 aromatic heterocycles. The van der Waals surface area contributed by atoms with Crippen LogP contribution in [0.5, 0.6) is 0 Å². The molecular formula is C14H11FN2O. The molecule has 1 aliphatic rings. The normalized spacial score (nSPS) is 17.2. The fourth-order valence-corrected chi connectivity index (χ4v) is 2.08. The van der Waals surface area contributed by atoms with E-state index in [4.69, 9.17) is 0 Å². The fourth-order valence-electron chi connectivity index (χ4n) is 2.08. The molecule has 1 aliphatic heterocycles. The number of rotatable bonds is 2. The number of carbonyl (C=O) groups is 1. The molecule has 4 heteroatoms. The Labute approximate surface area is 104 Å². The molecule has 90 valence electrons. The summed E-state index contributed by atoms with van der Waals surface area (Å²) in [5, 5.41) is 5.80. The molecular weight excluding hydrogens is 231 g/mol. The lowest BCUT2D eigenvalue weighted by Crippen LogP contribution is -2.19. The zero-order chi connectivity index (χ0) is 12.5. The van der Waals surface area contributed by atoms with Crippen molar-refractivity contribution in [3.63, 3.8) is 0 Å². The Kier molecular flexibility index (Phi) is 2.48. The Morgan fingerprint density at radius 3 is 2.67 bits per heavy atom. The van der Waals surface area contributed by atoms with Crippen LogP contribution < -0.4 is 10.6 Å².